The van der Waals surface area contributed by atoms with Crippen molar-refractivity contribution in [2.75, 3.05) is 0 Å². The average molecular weight is 1540 g/mol. The van der Waals surface area contributed by atoms with E-state index in [9.17, 15) is 0 Å². The number of aromatic nitrogens is 6. The van der Waals surface area contributed by atoms with Gasteiger partial charge >= 0.3 is 0 Å². The third-order valence-electron chi connectivity index (χ3n) is 25.0. The smallest absolute Gasteiger partial charge is 0.160 e. The molecule has 5 heterocycles. The molecule has 6 heteroatoms. The maximum Gasteiger partial charge on any atom is 0.160 e. The lowest BCUT2D eigenvalue weighted by atomic mass is 9.96. The Balaban J connectivity index is 0.751. The molecule has 0 atom stereocenters. The summed E-state index contributed by atoms with van der Waals surface area (Å²) in [5.41, 5.74) is 34.1. The van der Waals surface area contributed by atoms with Crippen LogP contribution in [0.25, 0.3) is 232 Å². The number of hydrogen-bond acceptors (Lipinski definition) is 2. The fraction of sp³-hybridized carbons (Fsp3) is 0.00870. The van der Waals surface area contributed by atoms with Crippen molar-refractivity contribution >= 4 is 109 Å². The van der Waals surface area contributed by atoms with E-state index in [1.54, 1.807) is 0 Å². The Hall–Kier alpha value is -16.0. The molecule has 0 spiro atoms. The fourth-order valence-corrected chi connectivity index (χ4v) is 19.1. The lowest BCUT2D eigenvalue weighted by molar-refractivity contribution is 1.13. The third-order valence-corrected chi connectivity index (χ3v) is 25.0. The molecule has 0 radical (unpaired) electrons. The van der Waals surface area contributed by atoms with E-state index in [0.29, 0.717) is 5.82 Å². The van der Waals surface area contributed by atoms with Crippen molar-refractivity contribution < 1.29 is 0 Å². The number of benzene rings is 19. The topological polar surface area (TPSA) is 45.5 Å². The van der Waals surface area contributed by atoms with Gasteiger partial charge in [-0.25, -0.2) is 9.97 Å². The molecule has 0 saturated heterocycles. The van der Waals surface area contributed by atoms with Crippen LogP contribution in [0.3, 0.4) is 0 Å². The molecule has 0 bridgehead atoms. The molecule has 564 valence electrons. The maximum atomic E-state index is 5.94. The molecule has 0 amide bonds. The van der Waals surface area contributed by atoms with Crippen LogP contribution in [-0.4, -0.2) is 28.2 Å². The summed E-state index contributed by atoms with van der Waals surface area (Å²) in [4.78, 5) is 11.7. The maximum absolute atomic E-state index is 5.94. The van der Waals surface area contributed by atoms with Gasteiger partial charge < -0.3 is 18.3 Å². The number of para-hydroxylation sites is 2. The summed E-state index contributed by atoms with van der Waals surface area (Å²) in [7, 11) is 0. The van der Waals surface area contributed by atoms with Crippen LogP contribution in [0.4, 0.5) is 0 Å². The Labute approximate surface area is 698 Å². The molecule has 0 N–H and O–H groups in total. The van der Waals surface area contributed by atoms with Gasteiger partial charge in [-0.3, -0.25) is 0 Å². The minimum absolute atomic E-state index is 0.616. The third kappa shape index (κ3) is 11.7. The molecule has 0 saturated carbocycles. The largest absolute Gasteiger partial charge is 0.309 e. The predicted octanol–water partition coefficient (Wildman–Crippen LogP) is 30.5. The Kier molecular flexibility index (Phi) is 16.1. The standard InChI is InChI=1S/C115H74N6/c1-73-39-41-78(42-40-73)80-32-22-33-89(61-80)114-113-95-38-21-20-31-79(95)43-52-104(113)116-115(117-114)90-62-93(120-109-55-46-83(76-27-12-4-13-28-76)66-98(109)102-70-87(50-59-111(102)120)85-48-57-107-100(68-85)96-64-81(74-23-8-2-9-24-74)44-53-105(96)118(107)91-34-16-6-17-35-91)72-94(63-90)121-110-56-47-84(77-29-14-5-15-30-77)67-99(110)103-71-88(51-60-112(103)121)86-49-58-108-101(69-86)97-65-82(75-25-10-3-11-26-75)45-54-106(97)119(108)92-36-18-7-19-37-92/h2-72H,1H3. The zero-order valence-electron chi connectivity index (χ0n) is 66.2. The highest BCUT2D eigenvalue weighted by Crippen LogP contribution is 2.47. The van der Waals surface area contributed by atoms with Crippen molar-refractivity contribution in [1.29, 1.82) is 0 Å². The van der Waals surface area contributed by atoms with Crippen molar-refractivity contribution in [3.05, 3.63) is 436 Å². The second-order valence-corrected chi connectivity index (χ2v) is 32.1. The van der Waals surface area contributed by atoms with Gasteiger partial charge in [0.15, 0.2) is 5.82 Å². The van der Waals surface area contributed by atoms with Gasteiger partial charge in [-0.15, -0.1) is 0 Å². The fourth-order valence-electron chi connectivity index (χ4n) is 19.1. The van der Waals surface area contributed by atoms with E-state index in [-0.39, 0.29) is 0 Å². The molecule has 6 nitrogen and oxygen atoms in total. The van der Waals surface area contributed by atoms with Crippen LogP contribution in [0.2, 0.25) is 0 Å². The summed E-state index contributed by atoms with van der Waals surface area (Å²) >= 11 is 0. The van der Waals surface area contributed by atoms with Gasteiger partial charge in [-0.05, 0) is 247 Å². The Morgan fingerprint density at radius 1 is 0.174 bits per heavy atom. The molecule has 5 aromatic heterocycles. The molecule has 0 aliphatic rings. The molecule has 0 fully saturated rings. The molecule has 0 aliphatic carbocycles. The number of hydrogen-bond donors (Lipinski definition) is 0. The first-order valence-corrected chi connectivity index (χ1v) is 41.6. The summed E-state index contributed by atoms with van der Waals surface area (Å²) in [6.07, 6.45) is 0. The van der Waals surface area contributed by atoms with Gasteiger partial charge in [0.05, 0.1) is 55.3 Å². The van der Waals surface area contributed by atoms with Gasteiger partial charge in [0, 0.05) is 82.4 Å². The van der Waals surface area contributed by atoms with Crippen LogP contribution in [-0.2, 0) is 0 Å². The number of aryl methyl sites for hydroxylation is 1. The molecule has 24 aromatic rings. The lowest BCUT2D eigenvalue weighted by Crippen LogP contribution is -2.02. The highest BCUT2D eigenvalue weighted by Gasteiger charge is 2.25. The molecule has 0 aliphatic heterocycles. The molecule has 0 unspecified atom stereocenters. The summed E-state index contributed by atoms with van der Waals surface area (Å²) in [5.74, 6) is 0.616. The molecule has 24 rings (SSSR count). The second kappa shape index (κ2) is 28.1. The van der Waals surface area contributed by atoms with Crippen LogP contribution in [0.1, 0.15) is 5.56 Å². The monoisotopic (exact) mass is 1540 g/mol. The predicted molar refractivity (Wildman–Crippen MR) is 508 cm³/mol. The zero-order valence-corrected chi connectivity index (χ0v) is 66.2. The minimum Gasteiger partial charge on any atom is -0.309 e. The quantitative estimate of drug-likeness (QED) is 0.108. The summed E-state index contributed by atoms with van der Waals surface area (Å²) in [5, 5.41) is 12.6. The SMILES string of the molecule is Cc1ccc(-c2cccc(-c3nc(-c4cc(-n5c6ccc(-c7ccccc7)cc6c6cc(-c7ccc8c(c7)c7cc(-c9ccccc9)ccc7n8-c7ccccc7)ccc65)cc(-n5c6ccc(-c7ccccc7)cc6c6cc(-c7ccc8c(c7)c7cc(-c9ccccc9)ccc7n8-c7ccccc7)ccc65)c4)nc4ccc5ccccc5c34)c2)cc1. The van der Waals surface area contributed by atoms with Crippen molar-refractivity contribution in [2.45, 2.75) is 6.92 Å². The molecular weight excluding hydrogens is 1470 g/mol. The minimum atomic E-state index is 0.616. The zero-order chi connectivity index (χ0) is 79.8. The van der Waals surface area contributed by atoms with Gasteiger partial charge in [-0.2, -0.15) is 0 Å². The van der Waals surface area contributed by atoms with E-state index >= 15 is 0 Å². The Bertz CT molecular complexity index is 7900. The van der Waals surface area contributed by atoms with E-state index in [4.69, 9.17) is 9.97 Å². The highest BCUT2D eigenvalue weighted by atomic mass is 15.0. The lowest BCUT2D eigenvalue weighted by Gasteiger charge is -2.17. The first-order chi connectivity index (χ1) is 59.9. The van der Waals surface area contributed by atoms with Crippen LogP contribution in [0.5, 0.6) is 0 Å². The van der Waals surface area contributed by atoms with Crippen molar-refractivity contribution in [2.24, 2.45) is 0 Å². The first kappa shape index (κ1) is 69.3. The van der Waals surface area contributed by atoms with Crippen LogP contribution in [0.15, 0.2) is 431 Å². The Morgan fingerprint density at radius 2 is 0.455 bits per heavy atom. The van der Waals surface area contributed by atoms with Crippen molar-refractivity contribution in [3.63, 3.8) is 0 Å². The van der Waals surface area contributed by atoms with E-state index in [1.807, 2.05) is 0 Å². The second-order valence-electron chi connectivity index (χ2n) is 32.1. The number of nitrogens with zero attached hydrogens (tertiary/aromatic N) is 6. The summed E-state index contributed by atoms with van der Waals surface area (Å²) < 4.78 is 9.81. The first-order valence-electron chi connectivity index (χ1n) is 41.6. The van der Waals surface area contributed by atoms with E-state index < -0.39 is 0 Å². The van der Waals surface area contributed by atoms with Crippen molar-refractivity contribution in [3.8, 4) is 123 Å². The molecular formula is C115H74N6. The Morgan fingerprint density at radius 3 is 0.818 bits per heavy atom. The van der Waals surface area contributed by atoms with E-state index in [0.717, 1.165) is 183 Å². The van der Waals surface area contributed by atoms with E-state index in [1.165, 1.54) is 49.4 Å². The number of rotatable bonds is 13. The summed E-state index contributed by atoms with van der Waals surface area (Å²) in [6.45, 7) is 2.14. The van der Waals surface area contributed by atoms with Gasteiger partial charge in [0.1, 0.15) is 0 Å². The molecule has 121 heavy (non-hydrogen) atoms. The van der Waals surface area contributed by atoms with Crippen LogP contribution >= 0.6 is 0 Å². The van der Waals surface area contributed by atoms with Gasteiger partial charge in [-0.1, -0.05) is 285 Å². The van der Waals surface area contributed by atoms with Gasteiger partial charge in [0.2, 0.25) is 0 Å². The van der Waals surface area contributed by atoms with Crippen LogP contribution < -0.4 is 0 Å². The number of fused-ring (bicyclic) bond motifs is 15. The summed E-state index contributed by atoms with van der Waals surface area (Å²) in [6, 6.07) is 159. The average Bonchev–Trinajstić information content (AvgIpc) is 1.60. The van der Waals surface area contributed by atoms with E-state index in [2.05, 4.69) is 456 Å². The molecule has 19 aromatic carbocycles. The van der Waals surface area contributed by atoms with Crippen LogP contribution in [0, 0.1) is 6.92 Å². The highest BCUT2D eigenvalue weighted by molar-refractivity contribution is 6.18. The van der Waals surface area contributed by atoms with Gasteiger partial charge in [0.25, 0.3) is 0 Å². The normalized spacial score (nSPS) is 11.8. The van der Waals surface area contributed by atoms with Crippen molar-refractivity contribution in [1.82, 2.24) is 28.2 Å².